The molecule has 1 rings (SSSR count). The van der Waals surface area contributed by atoms with Crippen LogP contribution in [0.2, 0.25) is 0 Å². The summed E-state index contributed by atoms with van der Waals surface area (Å²) < 4.78 is 16.7. The fourth-order valence-corrected chi connectivity index (χ4v) is 3.19. The molecule has 0 spiro atoms. The fourth-order valence-electron chi connectivity index (χ4n) is 1.62. The van der Waals surface area contributed by atoms with E-state index in [1.165, 1.54) is 0 Å². The van der Waals surface area contributed by atoms with Crippen molar-refractivity contribution in [1.82, 2.24) is 0 Å². The second-order valence-electron chi connectivity index (χ2n) is 4.36. The van der Waals surface area contributed by atoms with E-state index in [1.54, 1.807) is 7.11 Å². The smallest absolute Gasteiger partial charge is 0.303 e. The molecule has 1 saturated carbocycles. The van der Waals surface area contributed by atoms with Gasteiger partial charge in [-0.1, -0.05) is 0 Å². The van der Waals surface area contributed by atoms with Gasteiger partial charge in [-0.25, -0.2) is 0 Å². The van der Waals surface area contributed by atoms with Crippen LogP contribution in [0.5, 0.6) is 0 Å². The summed E-state index contributed by atoms with van der Waals surface area (Å²) in [7, 11) is 0.605. The van der Waals surface area contributed by atoms with Gasteiger partial charge in [0.05, 0.1) is 18.3 Å². The van der Waals surface area contributed by atoms with Crippen LogP contribution in [0.4, 0.5) is 0 Å². The molecule has 15 heavy (non-hydrogen) atoms. The Morgan fingerprint density at radius 2 is 2.20 bits per heavy atom. The third-order valence-corrected chi connectivity index (χ3v) is 4.71. The molecular formula is C10H18O4S. The number of carbonyl (C=O) groups is 1. The van der Waals surface area contributed by atoms with Gasteiger partial charge in [0.15, 0.2) is 0 Å². The first-order valence-electron chi connectivity index (χ1n) is 5.07. The highest BCUT2D eigenvalue weighted by molar-refractivity contribution is 7.85. The van der Waals surface area contributed by atoms with Gasteiger partial charge in [-0.2, -0.15) is 0 Å². The summed E-state index contributed by atoms with van der Waals surface area (Å²) in [6.07, 6.45) is 1.94. The standard InChI is InChI=1S/C10H18O4S/c1-8(6-14-2)15(13)7-10(3-4-10)5-9(11)12/h8H,3-7H2,1-2H3,(H,11,12). The van der Waals surface area contributed by atoms with Crippen molar-refractivity contribution in [2.45, 2.75) is 31.4 Å². The van der Waals surface area contributed by atoms with Crippen LogP contribution in [0.15, 0.2) is 0 Å². The maximum atomic E-state index is 11.8. The van der Waals surface area contributed by atoms with Crippen LogP contribution >= 0.6 is 0 Å². The lowest BCUT2D eigenvalue weighted by molar-refractivity contribution is -0.138. The highest BCUT2D eigenvalue weighted by Gasteiger charge is 2.46. The summed E-state index contributed by atoms with van der Waals surface area (Å²) in [5, 5.41) is 8.71. The zero-order valence-electron chi connectivity index (χ0n) is 9.19. The van der Waals surface area contributed by atoms with Crippen molar-refractivity contribution in [3.8, 4) is 0 Å². The van der Waals surface area contributed by atoms with E-state index in [1.807, 2.05) is 6.92 Å². The number of hydrogen-bond donors (Lipinski definition) is 1. The van der Waals surface area contributed by atoms with Crippen molar-refractivity contribution < 1.29 is 18.8 Å². The van der Waals surface area contributed by atoms with Crippen LogP contribution in [-0.2, 0) is 20.3 Å². The molecule has 0 amide bonds. The highest BCUT2D eigenvalue weighted by Crippen LogP contribution is 2.49. The molecule has 88 valence electrons. The van der Waals surface area contributed by atoms with Crippen molar-refractivity contribution in [1.29, 1.82) is 0 Å². The maximum absolute atomic E-state index is 11.8. The Labute approximate surface area is 92.5 Å². The average molecular weight is 234 g/mol. The molecule has 1 aliphatic rings. The first kappa shape index (κ1) is 12.6. The number of carboxylic acids is 1. The second-order valence-corrected chi connectivity index (χ2v) is 6.22. The summed E-state index contributed by atoms with van der Waals surface area (Å²) in [6, 6.07) is 0. The van der Waals surface area contributed by atoms with Crippen molar-refractivity contribution in [2.75, 3.05) is 19.5 Å². The molecule has 0 aromatic rings. The van der Waals surface area contributed by atoms with Crippen LogP contribution in [0, 0.1) is 5.41 Å². The lowest BCUT2D eigenvalue weighted by Crippen LogP contribution is -2.25. The third-order valence-electron chi connectivity index (χ3n) is 2.78. The number of carboxylic acid groups (broad SMARTS) is 1. The van der Waals surface area contributed by atoms with Crippen LogP contribution in [0.25, 0.3) is 0 Å². The molecule has 1 fully saturated rings. The summed E-state index contributed by atoms with van der Waals surface area (Å²) in [5.41, 5.74) is -0.182. The fraction of sp³-hybridized carbons (Fsp3) is 0.900. The molecule has 0 aromatic carbocycles. The quantitative estimate of drug-likeness (QED) is 0.714. The lowest BCUT2D eigenvalue weighted by Gasteiger charge is -2.15. The SMILES string of the molecule is COCC(C)S(=O)CC1(CC(=O)O)CC1. The molecule has 0 aromatic heterocycles. The van der Waals surface area contributed by atoms with E-state index in [2.05, 4.69) is 0 Å². The van der Waals surface area contributed by atoms with Crippen LogP contribution in [0.3, 0.4) is 0 Å². The van der Waals surface area contributed by atoms with E-state index in [0.29, 0.717) is 12.4 Å². The van der Waals surface area contributed by atoms with E-state index in [-0.39, 0.29) is 17.1 Å². The van der Waals surface area contributed by atoms with Gasteiger partial charge in [-0.15, -0.1) is 0 Å². The predicted molar refractivity (Wildman–Crippen MR) is 58.3 cm³/mol. The first-order chi connectivity index (χ1) is 6.99. The zero-order valence-corrected chi connectivity index (χ0v) is 10.0. The van der Waals surface area contributed by atoms with E-state index >= 15 is 0 Å². The van der Waals surface area contributed by atoms with E-state index in [4.69, 9.17) is 9.84 Å². The number of aliphatic carboxylic acids is 1. The molecule has 0 saturated heterocycles. The van der Waals surface area contributed by atoms with Crippen molar-refractivity contribution in [2.24, 2.45) is 5.41 Å². The number of methoxy groups -OCH3 is 1. The topological polar surface area (TPSA) is 63.6 Å². The molecule has 1 aliphatic carbocycles. The van der Waals surface area contributed by atoms with Crippen LogP contribution in [0.1, 0.15) is 26.2 Å². The third kappa shape index (κ3) is 3.91. The van der Waals surface area contributed by atoms with Crippen LogP contribution < -0.4 is 0 Å². The van der Waals surface area contributed by atoms with Crippen molar-refractivity contribution in [3.63, 3.8) is 0 Å². The monoisotopic (exact) mass is 234 g/mol. The maximum Gasteiger partial charge on any atom is 0.303 e. The lowest BCUT2D eigenvalue weighted by atomic mass is 10.1. The van der Waals surface area contributed by atoms with Gasteiger partial charge >= 0.3 is 5.97 Å². The number of hydrogen-bond acceptors (Lipinski definition) is 3. The first-order valence-corrected chi connectivity index (χ1v) is 6.45. The summed E-state index contributed by atoms with van der Waals surface area (Å²) in [6.45, 7) is 2.34. The van der Waals surface area contributed by atoms with Gasteiger partial charge in [0, 0.05) is 23.7 Å². The van der Waals surface area contributed by atoms with Gasteiger partial charge < -0.3 is 9.84 Å². The van der Waals surface area contributed by atoms with Crippen molar-refractivity contribution >= 4 is 16.8 Å². The Balaban J connectivity index is 2.40. The Bertz CT molecular complexity index is 260. The normalized spacial score (nSPS) is 22.0. The van der Waals surface area contributed by atoms with E-state index in [9.17, 15) is 9.00 Å². The zero-order chi connectivity index (χ0) is 11.5. The molecule has 0 heterocycles. The molecule has 0 aliphatic heterocycles. The summed E-state index contributed by atoms with van der Waals surface area (Å²) in [4.78, 5) is 10.6. The predicted octanol–water partition coefficient (Wildman–Crippen LogP) is 1.02. The van der Waals surface area contributed by atoms with Gasteiger partial charge in [0.1, 0.15) is 0 Å². The summed E-state index contributed by atoms with van der Waals surface area (Å²) in [5.74, 6) is -0.284. The molecular weight excluding hydrogens is 216 g/mol. The van der Waals surface area contributed by atoms with Gasteiger partial charge in [0.2, 0.25) is 0 Å². The molecule has 4 nitrogen and oxygen atoms in total. The minimum Gasteiger partial charge on any atom is -0.481 e. The Hall–Kier alpha value is -0.420. The van der Waals surface area contributed by atoms with Crippen LogP contribution in [-0.4, -0.2) is 40.0 Å². The molecule has 2 unspecified atom stereocenters. The molecule has 1 N–H and O–H groups in total. The molecule has 5 heteroatoms. The van der Waals surface area contributed by atoms with E-state index < -0.39 is 16.8 Å². The summed E-state index contributed by atoms with van der Waals surface area (Å²) >= 11 is 0. The molecule has 2 atom stereocenters. The molecule has 0 radical (unpaired) electrons. The number of rotatable bonds is 7. The van der Waals surface area contributed by atoms with Gasteiger partial charge in [-0.05, 0) is 25.2 Å². The van der Waals surface area contributed by atoms with E-state index in [0.717, 1.165) is 12.8 Å². The Morgan fingerprint density at radius 1 is 1.60 bits per heavy atom. The number of ether oxygens (including phenoxy) is 1. The second kappa shape index (κ2) is 5.07. The Morgan fingerprint density at radius 3 is 2.60 bits per heavy atom. The highest BCUT2D eigenvalue weighted by atomic mass is 32.2. The van der Waals surface area contributed by atoms with Crippen molar-refractivity contribution in [3.05, 3.63) is 0 Å². The average Bonchev–Trinajstić information content (AvgIpc) is 2.83. The van der Waals surface area contributed by atoms with Gasteiger partial charge in [-0.3, -0.25) is 9.00 Å². The minimum atomic E-state index is -0.976. The Kier molecular flexibility index (Phi) is 4.28. The molecule has 0 bridgehead atoms. The largest absolute Gasteiger partial charge is 0.481 e. The minimum absolute atomic E-state index is 0.0127. The van der Waals surface area contributed by atoms with Gasteiger partial charge in [0.25, 0.3) is 0 Å².